The van der Waals surface area contributed by atoms with Crippen LogP contribution >= 0.6 is 12.4 Å². The van der Waals surface area contributed by atoms with Gasteiger partial charge in [-0.25, -0.2) is 0 Å². The summed E-state index contributed by atoms with van der Waals surface area (Å²) >= 11 is 0. The number of hydrogen-bond donors (Lipinski definition) is 2. The third-order valence-electron chi connectivity index (χ3n) is 2.08. The molecule has 2 N–H and O–H groups in total. The highest BCUT2D eigenvalue weighted by atomic mass is 35.5. The predicted octanol–water partition coefficient (Wildman–Crippen LogP) is 1.57. The van der Waals surface area contributed by atoms with E-state index in [1.165, 1.54) is 0 Å². The quantitative estimate of drug-likeness (QED) is 0.723. The second kappa shape index (κ2) is 4.84. The topological polar surface area (TPSA) is 49.3 Å². The van der Waals surface area contributed by atoms with Crippen LogP contribution in [0.4, 0.5) is 13.2 Å². The van der Waals surface area contributed by atoms with Crippen molar-refractivity contribution < 1.29 is 23.1 Å². The van der Waals surface area contributed by atoms with Crippen LogP contribution in [0, 0.1) is 0 Å². The van der Waals surface area contributed by atoms with E-state index in [0.29, 0.717) is 6.42 Å². The van der Waals surface area contributed by atoms with Crippen molar-refractivity contribution in [1.82, 2.24) is 5.32 Å². The maximum atomic E-state index is 12.1. The molecular formula is C7H11ClF3NO2. The predicted molar refractivity (Wildman–Crippen MR) is 45.5 cm³/mol. The van der Waals surface area contributed by atoms with Crippen molar-refractivity contribution in [2.75, 3.05) is 0 Å². The maximum absolute atomic E-state index is 12.1. The van der Waals surface area contributed by atoms with Crippen molar-refractivity contribution >= 4 is 18.4 Å². The van der Waals surface area contributed by atoms with Gasteiger partial charge in [-0.05, 0) is 19.3 Å². The molecule has 0 aromatic carbocycles. The number of hydrogen-bond acceptors (Lipinski definition) is 2. The monoisotopic (exact) mass is 233 g/mol. The lowest BCUT2D eigenvalue weighted by atomic mass is 9.98. The number of rotatable bonds is 1. The molecular weight excluding hydrogens is 223 g/mol. The number of carboxylic acids is 1. The standard InChI is InChI=1S/C7H10F3NO2.ClH/c8-7(9,10)5-3-1-2-4(11-5)6(12)13;/h4-5,11H,1-3H2,(H,12,13);1H. The molecule has 1 heterocycles. The van der Waals surface area contributed by atoms with Gasteiger partial charge in [0.25, 0.3) is 0 Å². The van der Waals surface area contributed by atoms with Gasteiger partial charge in [-0.3, -0.25) is 10.1 Å². The van der Waals surface area contributed by atoms with E-state index in [4.69, 9.17) is 5.11 Å². The Bertz CT molecular complexity index is 210. The highest BCUT2D eigenvalue weighted by Gasteiger charge is 2.43. The molecule has 1 aliphatic rings. The molecule has 1 fully saturated rings. The molecule has 1 rings (SSSR count). The summed E-state index contributed by atoms with van der Waals surface area (Å²) in [6.07, 6.45) is -3.81. The number of piperidine rings is 1. The summed E-state index contributed by atoms with van der Waals surface area (Å²) in [6.45, 7) is 0. The van der Waals surface area contributed by atoms with Crippen molar-refractivity contribution in [2.45, 2.75) is 37.5 Å². The zero-order valence-corrected chi connectivity index (χ0v) is 7.99. The molecule has 3 nitrogen and oxygen atoms in total. The van der Waals surface area contributed by atoms with Gasteiger partial charge in [0, 0.05) is 0 Å². The zero-order valence-electron chi connectivity index (χ0n) is 7.17. The number of carbonyl (C=O) groups is 1. The molecule has 0 spiro atoms. The summed E-state index contributed by atoms with van der Waals surface area (Å²) in [5, 5.41) is 10.6. The molecule has 0 aromatic rings. The van der Waals surface area contributed by atoms with Gasteiger partial charge in [0.2, 0.25) is 0 Å². The summed E-state index contributed by atoms with van der Waals surface area (Å²) in [5.74, 6) is -1.21. The van der Waals surface area contributed by atoms with Crippen molar-refractivity contribution in [1.29, 1.82) is 0 Å². The van der Waals surface area contributed by atoms with Crippen LogP contribution in [0.25, 0.3) is 0 Å². The second-order valence-electron chi connectivity index (χ2n) is 3.08. The molecule has 0 saturated carbocycles. The number of aliphatic carboxylic acids is 1. The summed E-state index contributed by atoms with van der Waals surface area (Å²) in [6, 6.07) is -2.72. The van der Waals surface area contributed by atoms with Crippen LogP contribution in [0.3, 0.4) is 0 Å². The van der Waals surface area contributed by atoms with Crippen LogP contribution in [0.1, 0.15) is 19.3 Å². The summed E-state index contributed by atoms with van der Waals surface area (Å²) in [4.78, 5) is 10.4. The van der Waals surface area contributed by atoms with E-state index in [2.05, 4.69) is 5.32 Å². The highest BCUT2D eigenvalue weighted by Crippen LogP contribution is 2.27. The number of carboxylic acid groups (broad SMARTS) is 1. The van der Waals surface area contributed by atoms with Gasteiger partial charge in [0.15, 0.2) is 0 Å². The first-order valence-corrected chi connectivity index (χ1v) is 3.97. The lowest BCUT2D eigenvalue weighted by Crippen LogP contribution is -2.53. The fourth-order valence-corrected chi connectivity index (χ4v) is 1.39. The Hall–Kier alpha value is -0.490. The Morgan fingerprint density at radius 2 is 1.93 bits per heavy atom. The first-order valence-electron chi connectivity index (χ1n) is 3.97. The minimum absolute atomic E-state index is 0. The van der Waals surface area contributed by atoms with E-state index < -0.39 is 24.2 Å². The average Bonchev–Trinajstić information content (AvgIpc) is 2.03. The molecule has 7 heteroatoms. The smallest absolute Gasteiger partial charge is 0.403 e. The van der Waals surface area contributed by atoms with Crippen molar-refractivity contribution in [3.63, 3.8) is 0 Å². The van der Waals surface area contributed by atoms with Crippen LogP contribution in [0.5, 0.6) is 0 Å². The third-order valence-corrected chi connectivity index (χ3v) is 2.08. The van der Waals surface area contributed by atoms with Gasteiger partial charge >= 0.3 is 12.1 Å². The summed E-state index contributed by atoms with van der Waals surface area (Å²) in [7, 11) is 0. The zero-order chi connectivity index (χ0) is 10.1. The molecule has 0 aromatic heterocycles. The van der Waals surface area contributed by atoms with Crippen LogP contribution in [-0.4, -0.2) is 29.3 Å². The largest absolute Gasteiger partial charge is 0.480 e. The van der Waals surface area contributed by atoms with Gasteiger partial charge in [-0.2, -0.15) is 13.2 Å². The number of nitrogens with one attached hydrogen (secondary N) is 1. The minimum atomic E-state index is -4.34. The average molecular weight is 234 g/mol. The molecule has 0 bridgehead atoms. The fourth-order valence-electron chi connectivity index (χ4n) is 1.39. The highest BCUT2D eigenvalue weighted by molar-refractivity contribution is 5.85. The Morgan fingerprint density at radius 1 is 1.36 bits per heavy atom. The van der Waals surface area contributed by atoms with Crippen LogP contribution in [0.2, 0.25) is 0 Å². The molecule has 14 heavy (non-hydrogen) atoms. The Morgan fingerprint density at radius 3 is 2.36 bits per heavy atom. The van der Waals surface area contributed by atoms with E-state index in [-0.39, 0.29) is 25.2 Å². The minimum Gasteiger partial charge on any atom is -0.480 e. The van der Waals surface area contributed by atoms with E-state index in [1.54, 1.807) is 0 Å². The van der Waals surface area contributed by atoms with E-state index in [1.807, 2.05) is 0 Å². The molecule has 0 radical (unpaired) electrons. The van der Waals surface area contributed by atoms with Crippen molar-refractivity contribution in [2.24, 2.45) is 0 Å². The molecule has 2 atom stereocenters. The van der Waals surface area contributed by atoms with E-state index in [0.717, 1.165) is 0 Å². The first-order chi connectivity index (χ1) is 5.91. The lowest BCUT2D eigenvalue weighted by molar-refractivity contribution is -0.167. The van der Waals surface area contributed by atoms with E-state index >= 15 is 0 Å². The SMILES string of the molecule is Cl.O=C(O)C1CCCC(C(F)(F)F)N1. The van der Waals surface area contributed by atoms with Gasteiger partial charge < -0.3 is 5.11 Å². The van der Waals surface area contributed by atoms with Gasteiger partial charge in [0.1, 0.15) is 12.1 Å². The van der Waals surface area contributed by atoms with Crippen molar-refractivity contribution in [3.8, 4) is 0 Å². The van der Waals surface area contributed by atoms with Crippen molar-refractivity contribution in [3.05, 3.63) is 0 Å². The van der Waals surface area contributed by atoms with Crippen LogP contribution < -0.4 is 5.32 Å². The third kappa shape index (κ3) is 3.34. The number of halogens is 4. The van der Waals surface area contributed by atoms with E-state index in [9.17, 15) is 18.0 Å². The number of alkyl halides is 3. The van der Waals surface area contributed by atoms with Gasteiger partial charge in [0.05, 0.1) is 0 Å². The first kappa shape index (κ1) is 13.5. The van der Waals surface area contributed by atoms with Gasteiger partial charge in [-0.15, -0.1) is 12.4 Å². The lowest BCUT2D eigenvalue weighted by Gasteiger charge is -2.29. The fraction of sp³-hybridized carbons (Fsp3) is 0.857. The maximum Gasteiger partial charge on any atom is 0.403 e. The molecule has 84 valence electrons. The summed E-state index contributed by atoms with van der Waals surface area (Å²) < 4.78 is 36.4. The Balaban J connectivity index is 0.00000169. The molecule has 1 saturated heterocycles. The van der Waals surface area contributed by atoms with Gasteiger partial charge in [-0.1, -0.05) is 0 Å². The molecule has 2 unspecified atom stereocenters. The second-order valence-corrected chi connectivity index (χ2v) is 3.08. The Kier molecular flexibility index (Phi) is 4.67. The Labute approximate surface area is 85.1 Å². The molecule has 1 aliphatic heterocycles. The van der Waals surface area contributed by atoms with Crippen LogP contribution in [-0.2, 0) is 4.79 Å². The molecule has 0 aliphatic carbocycles. The normalized spacial score (nSPS) is 27.9. The summed E-state index contributed by atoms with van der Waals surface area (Å²) in [5.41, 5.74) is 0. The van der Waals surface area contributed by atoms with Crippen LogP contribution in [0.15, 0.2) is 0 Å². The molecule has 0 amide bonds.